The molecule has 0 aromatic rings. The summed E-state index contributed by atoms with van der Waals surface area (Å²) < 4.78 is 0. The number of likely N-dealkylation sites (tertiary alicyclic amines) is 1. The Morgan fingerprint density at radius 2 is 2.31 bits per heavy atom. The van der Waals surface area contributed by atoms with Gasteiger partial charge in [-0.2, -0.15) is 0 Å². The molecule has 1 saturated heterocycles. The minimum absolute atomic E-state index is 0.0863. The number of rotatable bonds is 1. The molecule has 2 heterocycles. The number of aliphatic imine (C=N–C) groups is 1. The molecule has 0 aliphatic carbocycles. The standard InChI is InChI=1S/C9H15N3O/c1-2-12-5-3-9(4-6-12)8(13)10-7-11-9/h7H,2-6H2,1H3,(H,10,11,13). The van der Waals surface area contributed by atoms with Crippen LogP contribution in [0.15, 0.2) is 4.99 Å². The maximum Gasteiger partial charge on any atom is 0.253 e. The predicted molar refractivity (Wildman–Crippen MR) is 50.7 cm³/mol. The number of carbonyl (C=O) groups excluding carboxylic acids is 1. The average molecular weight is 181 g/mol. The molecule has 0 radical (unpaired) electrons. The number of piperidine rings is 1. The van der Waals surface area contributed by atoms with E-state index in [1.807, 2.05) is 0 Å². The van der Waals surface area contributed by atoms with E-state index in [9.17, 15) is 4.79 Å². The van der Waals surface area contributed by atoms with Gasteiger partial charge >= 0.3 is 0 Å². The third-order valence-corrected chi connectivity index (χ3v) is 3.06. The van der Waals surface area contributed by atoms with E-state index >= 15 is 0 Å². The second-order valence-electron chi connectivity index (χ2n) is 3.70. The molecule has 1 fully saturated rings. The minimum Gasteiger partial charge on any atom is -0.315 e. The van der Waals surface area contributed by atoms with Crippen molar-refractivity contribution in [2.24, 2.45) is 4.99 Å². The Labute approximate surface area is 78.0 Å². The van der Waals surface area contributed by atoms with Gasteiger partial charge in [0.25, 0.3) is 5.91 Å². The van der Waals surface area contributed by atoms with Gasteiger partial charge in [-0.25, -0.2) is 0 Å². The van der Waals surface area contributed by atoms with Crippen molar-refractivity contribution in [3.05, 3.63) is 0 Å². The Kier molecular flexibility index (Phi) is 2.07. The molecular formula is C9H15N3O. The molecule has 2 aliphatic rings. The van der Waals surface area contributed by atoms with Crippen molar-refractivity contribution in [2.45, 2.75) is 25.3 Å². The highest BCUT2D eigenvalue weighted by atomic mass is 16.2. The molecule has 2 aliphatic heterocycles. The first-order valence-electron chi connectivity index (χ1n) is 4.84. The van der Waals surface area contributed by atoms with Gasteiger partial charge in [0.15, 0.2) is 0 Å². The number of hydrogen-bond donors (Lipinski definition) is 1. The zero-order valence-corrected chi connectivity index (χ0v) is 7.92. The molecule has 0 atom stereocenters. The number of nitrogens with zero attached hydrogens (tertiary/aromatic N) is 2. The fraction of sp³-hybridized carbons (Fsp3) is 0.778. The van der Waals surface area contributed by atoms with Crippen molar-refractivity contribution < 1.29 is 4.79 Å². The molecule has 1 N–H and O–H groups in total. The van der Waals surface area contributed by atoms with Crippen LogP contribution in [0.3, 0.4) is 0 Å². The second kappa shape index (κ2) is 3.10. The van der Waals surface area contributed by atoms with Crippen molar-refractivity contribution in [1.82, 2.24) is 10.2 Å². The smallest absolute Gasteiger partial charge is 0.253 e. The summed E-state index contributed by atoms with van der Waals surface area (Å²) in [6.45, 7) is 5.19. The molecule has 1 amide bonds. The van der Waals surface area contributed by atoms with E-state index in [2.05, 4.69) is 22.1 Å². The summed E-state index contributed by atoms with van der Waals surface area (Å²) >= 11 is 0. The maximum atomic E-state index is 11.5. The minimum atomic E-state index is -0.411. The highest BCUT2D eigenvalue weighted by molar-refractivity contribution is 6.00. The summed E-state index contributed by atoms with van der Waals surface area (Å²) in [5, 5.41) is 2.66. The molecule has 13 heavy (non-hydrogen) atoms. The Balaban J connectivity index is 2.04. The number of amides is 1. The van der Waals surface area contributed by atoms with Crippen molar-refractivity contribution >= 4 is 12.2 Å². The third-order valence-electron chi connectivity index (χ3n) is 3.06. The lowest BCUT2D eigenvalue weighted by Crippen LogP contribution is -2.48. The summed E-state index contributed by atoms with van der Waals surface area (Å²) in [5.41, 5.74) is -0.411. The van der Waals surface area contributed by atoms with E-state index in [-0.39, 0.29) is 5.91 Å². The van der Waals surface area contributed by atoms with E-state index in [4.69, 9.17) is 0 Å². The van der Waals surface area contributed by atoms with Crippen molar-refractivity contribution in [3.63, 3.8) is 0 Å². The van der Waals surface area contributed by atoms with Crippen LogP contribution in [0.4, 0.5) is 0 Å². The van der Waals surface area contributed by atoms with E-state index < -0.39 is 5.54 Å². The summed E-state index contributed by atoms with van der Waals surface area (Å²) in [7, 11) is 0. The fourth-order valence-electron chi connectivity index (χ4n) is 2.00. The highest BCUT2D eigenvalue weighted by Crippen LogP contribution is 2.28. The molecule has 0 aromatic heterocycles. The zero-order chi connectivity index (χ0) is 9.31. The van der Waals surface area contributed by atoms with Crippen LogP contribution < -0.4 is 5.32 Å². The number of carbonyl (C=O) groups is 1. The van der Waals surface area contributed by atoms with Crippen molar-refractivity contribution in [2.75, 3.05) is 19.6 Å². The molecular weight excluding hydrogens is 166 g/mol. The van der Waals surface area contributed by atoms with Gasteiger partial charge in [0.05, 0.1) is 6.34 Å². The van der Waals surface area contributed by atoms with Gasteiger partial charge in [-0.15, -0.1) is 0 Å². The summed E-state index contributed by atoms with van der Waals surface area (Å²) in [5.74, 6) is 0.0863. The van der Waals surface area contributed by atoms with Crippen LogP contribution in [0.2, 0.25) is 0 Å². The van der Waals surface area contributed by atoms with Gasteiger partial charge in [0.1, 0.15) is 5.54 Å². The quantitative estimate of drug-likeness (QED) is 0.619. The van der Waals surface area contributed by atoms with Crippen LogP contribution in [-0.2, 0) is 4.79 Å². The molecule has 0 saturated carbocycles. The molecule has 4 heteroatoms. The Morgan fingerprint density at radius 3 is 2.77 bits per heavy atom. The van der Waals surface area contributed by atoms with Gasteiger partial charge in [-0.3, -0.25) is 9.79 Å². The molecule has 0 aromatic carbocycles. The first-order chi connectivity index (χ1) is 6.27. The van der Waals surface area contributed by atoms with Crippen LogP contribution in [0.25, 0.3) is 0 Å². The van der Waals surface area contributed by atoms with Crippen LogP contribution in [0.5, 0.6) is 0 Å². The first kappa shape index (κ1) is 8.69. The molecule has 2 rings (SSSR count). The van der Waals surface area contributed by atoms with Crippen molar-refractivity contribution in [1.29, 1.82) is 0 Å². The predicted octanol–water partition coefficient (Wildman–Crippen LogP) is -0.00100. The molecule has 0 bridgehead atoms. The molecule has 1 spiro atoms. The maximum absolute atomic E-state index is 11.5. The normalized spacial score (nSPS) is 26.7. The van der Waals surface area contributed by atoms with E-state index in [0.29, 0.717) is 0 Å². The Hall–Kier alpha value is -0.900. The molecule has 4 nitrogen and oxygen atoms in total. The summed E-state index contributed by atoms with van der Waals surface area (Å²) in [4.78, 5) is 18.1. The number of nitrogens with one attached hydrogen (secondary N) is 1. The van der Waals surface area contributed by atoms with Crippen LogP contribution in [0, 0.1) is 0 Å². The second-order valence-corrected chi connectivity index (χ2v) is 3.70. The van der Waals surface area contributed by atoms with E-state index in [1.165, 1.54) is 0 Å². The largest absolute Gasteiger partial charge is 0.315 e. The lowest BCUT2D eigenvalue weighted by atomic mass is 9.88. The van der Waals surface area contributed by atoms with Crippen LogP contribution in [0.1, 0.15) is 19.8 Å². The zero-order valence-electron chi connectivity index (χ0n) is 7.92. The first-order valence-corrected chi connectivity index (χ1v) is 4.84. The van der Waals surface area contributed by atoms with Gasteiger partial charge in [-0.05, 0) is 19.4 Å². The van der Waals surface area contributed by atoms with Gasteiger partial charge in [0, 0.05) is 13.1 Å². The lowest BCUT2D eigenvalue weighted by Gasteiger charge is -2.34. The Bertz CT molecular complexity index is 241. The van der Waals surface area contributed by atoms with Crippen molar-refractivity contribution in [3.8, 4) is 0 Å². The summed E-state index contributed by atoms with van der Waals surface area (Å²) in [6.07, 6.45) is 3.27. The Morgan fingerprint density at radius 1 is 1.62 bits per heavy atom. The topological polar surface area (TPSA) is 44.7 Å². The van der Waals surface area contributed by atoms with E-state index in [0.717, 1.165) is 32.5 Å². The molecule has 0 unspecified atom stereocenters. The van der Waals surface area contributed by atoms with E-state index in [1.54, 1.807) is 6.34 Å². The third kappa shape index (κ3) is 1.35. The van der Waals surface area contributed by atoms with Gasteiger partial charge in [-0.1, -0.05) is 6.92 Å². The number of hydrogen-bond acceptors (Lipinski definition) is 3. The SMILES string of the molecule is CCN1CCC2(CC1)N=CNC2=O. The highest BCUT2D eigenvalue weighted by Gasteiger charge is 2.42. The lowest BCUT2D eigenvalue weighted by molar-refractivity contribution is -0.125. The monoisotopic (exact) mass is 181 g/mol. The van der Waals surface area contributed by atoms with Crippen LogP contribution in [-0.4, -0.2) is 42.3 Å². The summed E-state index contributed by atoms with van der Waals surface area (Å²) in [6, 6.07) is 0. The fourth-order valence-corrected chi connectivity index (χ4v) is 2.00. The van der Waals surface area contributed by atoms with Crippen LogP contribution >= 0.6 is 0 Å². The van der Waals surface area contributed by atoms with Gasteiger partial charge < -0.3 is 10.2 Å². The average Bonchev–Trinajstić information content (AvgIpc) is 2.50. The molecule has 72 valence electrons. The van der Waals surface area contributed by atoms with Gasteiger partial charge in [0.2, 0.25) is 0 Å².